The van der Waals surface area contributed by atoms with E-state index < -0.39 is 0 Å². The molecule has 7 rings (SSSR count). The van der Waals surface area contributed by atoms with Gasteiger partial charge in [-0.25, -0.2) is 0 Å². The van der Waals surface area contributed by atoms with E-state index in [-0.39, 0.29) is 10.8 Å². The Morgan fingerprint density at radius 1 is 0.528 bits per heavy atom. The Hall–Kier alpha value is -4.13. The molecular formula is C51H58OZr. The van der Waals surface area contributed by atoms with Crippen molar-refractivity contribution >= 4 is 25.8 Å². The molecule has 0 unspecified atom stereocenters. The summed E-state index contributed by atoms with van der Waals surface area (Å²) in [5.74, 6) is 0.414. The third-order valence-corrected chi connectivity index (χ3v) is 10.0. The Labute approximate surface area is 334 Å². The van der Waals surface area contributed by atoms with E-state index in [2.05, 4.69) is 169 Å². The summed E-state index contributed by atoms with van der Waals surface area (Å²) in [6.07, 6.45) is 2.19. The molecule has 1 nitrogen and oxygen atoms in total. The first-order valence-electron chi connectivity index (χ1n) is 18.9. The van der Waals surface area contributed by atoms with Gasteiger partial charge in [-0.05, 0) is 70.9 Å². The number of aromatic hydroxyl groups is 1. The summed E-state index contributed by atoms with van der Waals surface area (Å²) in [4.78, 5) is 0. The molecule has 0 aromatic heterocycles. The predicted molar refractivity (Wildman–Crippen MR) is 231 cm³/mol. The number of benzene rings is 5. The van der Waals surface area contributed by atoms with Crippen molar-refractivity contribution in [3.8, 4) is 28.0 Å². The Balaban J connectivity index is 0.000000186. The second-order valence-corrected chi connectivity index (χ2v) is 15.9. The van der Waals surface area contributed by atoms with Crippen molar-refractivity contribution in [3.63, 3.8) is 0 Å². The van der Waals surface area contributed by atoms with Gasteiger partial charge >= 0.3 is 28.4 Å². The zero-order chi connectivity index (χ0) is 38.9. The van der Waals surface area contributed by atoms with Crippen LogP contribution >= 0.6 is 0 Å². The van der Waals surface area contributed by atoms with Gasteiger partial charge in [0.15, 0.2) is 0 Å². The summed E-state index contributed by atoms with van der Waals surface area (Å²) < 4.78 is 3.34. The Morgan fingerprint density at radius 3 is 1.17 bits per heavy atom. The van der Waals surface area contributed by atoms with Crippen LogP contribution in [0.3, 0.4) is 0 Å². The van der Waals surface area contributed by atoms with Crippen LogP contribution in [0.5, 0.6) is 5.75 Å². The van der Waals surface area contributed by atoms with E-state index in [1.165, 1.54) is 90.3 Å². The predicted octanol–water partition coefficient (Wildman–Crippen LogP) is 14.1. The van der Waals surface area contributed by atoms with Crippen molar-refractivity contribution in [2.75, 3.05) is 0 Å². The summed E-state index contributed by atoms with van der Waals surface area (Å²) in [6, 6.07) is 46.3. The molecule has 0 spiro atoms. The van der Waals surface area contributed by atoms with Gasteiger partial charge in [0, 0.05) is 0 Å². The van der Waals surface area contributed by atoms with Gasteiger partial charge in [0.25, 0.3) is 0 Å². The van der Waals surface area contributed by atoms with E-state index in [1.807, 2.05) is 32.0 Å². The number of fused-ring (bicyclic) bond motifs is 2. The molecular weight excluding hydrogens is 720 g/mol. The molecule has 7 aromatic carbocycles. The van der Waals surface area contributed by atoms with E-state index in [0.717, 1.165) is 24.0 Å². The maximum atomic E-state index is 9.21. The topological polar surface area (TPSA) is 20.2 Å². The van der Waals surface area contributed by atoms with Crippen LogP contribution in [0.15, 0.2) is 127 Å². The average Bonchev–Trinajstić information content (AvgIpc) is 3.79. The number of rotatable bonds is 4. The molecule has 0 saturated heterocycles. The van der Waals surface area contributed by atoms with Gasteiger partial charge in [0.2, 0.25) is 0 Å². The molecule has 0 radical (unpaired) electrons. The number of para-hydroxylation sites is 1. The summed E-state index contributed by atoms with van der Waals surface area (Å²) >= 11 is 1.30. The zero-order valence-corrected chi connectivity index (χ0v) is 36.2. The van der Waals surface area contributed by atoms with E-state index in [0.29, 0.717) is 5.75 Å². The Morgan fingerprint density at radius 2 is 0.868 bits per heavy atom. The molecule has 0 heterocycles. The van der Waals surface area contributed by atoms with Crippen molar-refractivity contribution in [2.45, 2.75) is 92.9 Å². The van der Waals surface area contributed by atoms with Gasteiger partial charge in [-0.3, -0.25) is 0 Å². The van der Waals surface area contributed by atoms with Gasteiger partial charge in [0.1, 0.15) is 5.75 Å². The van der Waals surface area contributed by atoms with E-state index >= 15 is 0 Å². The molecule has 0 bridgehead atoms. The summed E-state index contributed by atoms with van der Waals surface area (Å²) in [6.45, 7) is 21.8. The van der Waals surface area contributed by atoms with Crippen molar-refractivity contribution in [3.05, 3.63) is 161 Å². The van der Waals surface area contributed by atoms with Crippen LogP contribution in [-0.4, -0.2) is 9.32 Å². The van der Waals surface area contributed by atoms with Crippen LogP contribution in [0.4, 0.5) is 0 Å². The molecule has 1 N–H and O–H groups in total. The number of hydrogen-bond acceptors (Lipinski definition) is 1. The Kier molecular flexibility index (Phi) is 14.4. The van der Waals surface area contributed by atoms with Crippen LogP contribution in [-0.2, 0) is 47.9 Å². The summed E-state index contributed by atoms with van der Waals surface area (Å²) in [5, 5.41) is 14.7. The maximum absolute atomic E-state index is 9.21. The molecule has 0 saturated carbocycles. The van der Waals surface area contributed by atoms with E-state index in [4.69, 9.17) is 0 Å². The van der Waals surface area contributed by atoms with Gasteiger partial charge in [-0.1, -0.05) is 145 Å². The second kappa shape index (κ2) is 18.3. The monoisotopic (exact) mass is 776 g/mol. The average molecular weight is 778 g/mol. The molecule has 7 aromatic rings. The number of phenolic OH excluding ortho intramolecular Hbond substituents is 1. The molecule has 0 aliphatic carbocycles. The first kappa shape index (κ1) is 41.6. The Bertz CT molecular complexity index is 2050. The van der Waals surface area contributed by atoms with E-state index in [9.17, 15) is 5.11 Å². The van der Waals surface area contributed by atoms with Gasteiger partial charge in [-0.2, -0.15) is 12.1 Å². The van der Waals surface area contributed by atoms with Crippen LogP contribution in [0, 0.1) is 13.8 Å². The van der Waals surface area contributed by atoms with Crippen molar-refractivity contribution in [2.24, 2.45) is 0 Å². The zero-order valence-electron chi connectivity index (χ0n) is 33.7. The van der Waals surface area contributed by atoms with Crippen molar-refractivity contribution < 1.29 is 29.3 Å². The van der Waals surface area contributed by atoms with Gasteiger partial charge in [0.05, 0.1) is 0 Å². The van der Waals surface area contributed by atoms with Crippen LogP contribution in [0.25, 0.3) is 43.8 Å². The van der Waals surface area contributed by atoms with E-state index in [1.54, 1.807) is 0 Å². The molecule has 53 heavy (non-hydrogen) atoms. The minimum absolute atomic E-state index is 0.209. The fourth-order valence-electron chi connectivity index (χ4n) is 6.61. The minimum atomic E-state index is 0.209. The SMILES string of the molecule is CCc1cc2c(-c3ccc(C(C)(C)C)cc3)cccc2[cH-]1.CCc1cc2c(-c3ccc(C(C)(C)C)cc3)cccc2[cH-]1.Cc1cccc(C)c1O.[CH2]=[Zr+2]. The third kappa shape index (κ3) is 10.5. The first-order chi connectivity index (χ1) is 25.2. The first-order valence-corrected chi connectivity index (χ1v) is 20.6. The quantitative estimate of drug-likeness (QED) is 0.177. The molecule has 0 aliphatic rings. The number of phenols is 1. The molecule has 0 aliphatic heterocycles. The van der Waals surface area contributed by atoms with Crippen molar-refractivity contribution in [1.82, 2.24) is 0 Å². The van der Waals surface area contributed by atoms with Gasteiger partial charge in [-0.15, -0.1) is 69.1 Å². The number of aryl methyl sites for hydroxylation is 4. The summed E-state index contributed by atoms with van der Waals surface area (Å²) in [5.41, 5.74) is 13.2. The van der Waals surface area contributed by atoms with Crippen LogP contribution in [0.1, 0.15) is 88.8 Å². The van der Waals surface area contributed by atoms with Gasteiger partial charge < -0.3 is 5.11 Å². The normalized spacial score (nSPS) is 11.2. The summed E-state index contributed by atoms with van der Waals surface area (Å²) in [7, 11) is 0. The van der Waals surface area contributed by atoms with Crippen molar-refractivity contribution in [1.29, 1.82) is 0 Å². The molecule has 272 valence electrons. The molecule has 2 heteroatoms. The molecule has 0 atom stereocenters. The number of hydrogen-bond donors (Lipinski definition) is 1. The fraction of sp³-hybridized carbons (Fsp3) is 0.275. The fourth-order valence-corrected chi connectivity index (χ4v) is 6.61. The molecule has 0 amide bonds. The second-order valence-electron chi connectivity index (χ2n) is 15.9. The van der Waals surface area contributed by atoms with Crippen LogP contribution in [0.2, 0.25) is 0 Å². The standard InChI is InChI=1S/2C21H23.C8H10O.CH2.Zr/c2*1-5-15-13-17-7-6-8-19(20(17)14-15)16-9-11-18(12-10-16)21(2,3)4;1-6-4-3-5-7(2)8(6)9;;/h2*6-14H,5H2,1-4H3;3-5,9H,1-2H3;1H2;/q2*-1;;;+2. The third-order valence-electron chi connectivity index (χ3n) is 10.0. The molecule has 0 fully saturated rings. The van der Waals surface area contributed by atoms with Crippen LogP contribution < -0.4 is 0 Å².